The number of pyridine rings is 1. The number of rotatable bonds is 6. The van der Waals surface area contributed by atoms with Gasteiger partial charge in [0.05, 0.1) is 37.3 Å². The average molecular weight is 534 g/mol. The highest BCUT2D eigenvalue weighted by Gasteiger charge is 2.23. The molecule has 36 heavy (non-hydrogen) atoms. The number of halogens is 2. The van der Waals surface area contributed by atoms with Crippen LogP contribution in [0.4, 0.5) is 31.9 Å². The average Bonchev–Trinajstić information content (AvgIpc) is 2.85. The summed E-state index contributed by atoms with van der Waals surface area (Å²) >= 11 is 0. The Morgan fingerprint density at radius 3 is 2.67 bits per heavy atom. The molecule has 3 atom stereocenters. The number of benzene rings is 1. The fraction of sp³-hybridized carbons (Fsp3) is 0.333. The Hall–Kier alpha value is -2.80. The molecular formula is C24H31F2N7OP2. The van der Waals surface area contributed by atoms with Crippen molar-refractivity contribution in [2.24, 2.45) is 5.10 Å². The van der Waals surface area contributed by atoms with Crippen molar-refractivity contribution in [1.82, 2.24) is 15.0 Å². The minimum atomic E-state index is -1.50. The van der Waals surface area contributed by atoms with Gasteiger partial charge in [-0.2, -0.15) is 10.1 Å². The summed E-state index contributed by atoms with van der Waals surface area (Å²) in [6.45, 7) is 7.43. The molecule has 8 nitrogen and oxygen atoms in total. The van der Waals surface area contributed by atoms with Crippen LogP contribution in [0, 0.1) is 12.7 Å². The Morgan fingerprint density at radius 2 is 2.00 bits per heavy atom. The van der Waals surface area contributed by atoms with E-state index in [1.807, 2.05) is 43.0 Å². The Morgan fingerprint density at radius 1 is 1.19 bits per heavy atom. The van der Waals surface area contributed by atoms with Crippen molar-refractivity contribution in [1.29, 1.82) is 0 Å². The normalized spacial score (nSPS) is 15.9. The third-order valence-electron chi connectivity index (χ3n) is 5.16. The Kier molecular flexibility index (Phi) is 9.99. The first-order chi connectivity index (χ1) is 17.2. The molecule has 0 spiro atoms. The number of hydrogen-bond acceptors (Lipinski definition) is 8. The monoisotopic (exact) mass is 533 g/mol. The molecule has 192 valence electrons. The molecule has 0 radical (unpaired) electrons. The molecule has 1 aliphatic heterocycles. The summed E-state index contributed by atoms with van der Waals surface area (Å²) in [6, 6.07) is 11.2. The first kappa shape index (κ1) is 27.8. The summed E-state index contributed by atoms with van der Waals surface area (Å²) < 4.78 is 32.9. The molecule has 3 unspecified atom stereocenters. The summed E-state index contributed by atoms with van der Waals surface area (Å²) in [5.74, 6) is 0.132. The SMILES string of the molecule is C/C=N/Nc1ncc(F)c(N2CCOCC2C)n1.Cc1ccc(Nc2cccc(C(F)(P)P)c2)cn1. The summed E-state index contributed by atoms with van der Waals surface area (Å²) in [6.07, 6.45) is 4.48. The van der Waals surface area contributed by atoms with Crippen LogP contribution in [-0.2, 0) is 9.89 Å². The third-order valence-corrected chi connectivity index (χ3v) is 5.83. The molecule has 1 fully saturated rings. The number of ether oxygens (including phenoxy) is 1. The molecule has 0 saturated carbocycles. The maximum Gasteiger partial charge on any atom is 0.245 e. The van der Waals surface area contributed by atoms with Crippen LogP contribution in [0.25, 0.3) is 0 Å². The van der Waals surface area contributed by atoms with Crippen LogP contribution < -0.4 is 15.6 Å². The van der Waals surface area contributed by atoms with Crippen molar-refractivity contribution in [3.8, 4) is 0 Å². The number of morpholine rings is 1. The van der Waals surface area contributed by atoms with Crippen LogP contribution in [0.1, 0.15) is 25.1 Å². The zero-order valence-corrected chi connectivity index (χ0v) is 22.8. The van der Waals surface area contributed by atoms with E-state index in [0.717, 1.165) is 23.3 Å². The molecule has 1 aliphatic rings. The van der Waals surface area contributed by atoms with Gasteiger partial charge in [-0.1, -0.05) is 30.6 Å². The van der Waals surface area contributed by atoms with Gasteiger partial charge < -0.3 is 15.0 Å². The highest BCUT2D eigenvalue weighted by molar-refractivity contribution is 7.38. The second-order valence-electron chi connectivity index (χ2n) is 8.14. The van der Waals surface area contributed by atoms with Crippen molar-refractivity contribution >= 4 is 47.8 Å². The lowest BCUT2D eigenvalue weighted by molar-refractivity contribution is 0.0981. The molecule has 0 bridgehead atoms. The third kappa shape index (κ3) is 8.12. The smallest absolute Gasteiger partial charge is 0.245 e. The Labute approximate surface area is 214 Å². The van der Waals surface area contributed by atoms with E-state index < -0.39 is 11.0 Å². The first-order valence-electron chi connectivity index (χ1n) is 11.3. The van der Waals surface area contributed by atoms with E-state index >= 15 is 0 Å². The van der Waals surface area contributed by atoms with Gasteiger partial charge in [0.15, 0.2) is 16.8 Å². The van der Waals surface area contributed by atoms with Crippen LogP contribution in [0.3, 0.4) is 0 Å². The summed E-state index contributed by atoms with van der Waals surface area (Å²) in [7, 11) is 4.33. The Balaban J connectivity index is 0.000000201. The molecule has 2 N–H and O–H groups in total. The lowest BCUT2D eigenvalue weighted by atomic mass is 10.2. The predicted molar refractivity (Wildman–Crippen MR) is 148 cm³/mol. The van der Waals surface area contributed by atoms with E-state index in [9.17, 15) is 8.78 Å². The second-order valence-corrected chi connectivity index (χ2v) is 10.5. The number of nitrogens with one attached hydrogen (secondary N) is 2. The largest absolute Gasteiger partial charge is 0.377 e. The van der Waals surface area contributed by atoms with E-state index in [1.54, 1.807) is 31.5 Å². The van der Waals surface area contributed by atoms with Crippen molar-refractivity contribution < 1.29 is 13.5 Å². The van der Waals surface area contributed by atoms with E-state index in [1.165, 1.54) is 0 Å². The van der Waals surface area contributed by atoms with Gasteiger partial charge in [-0.05, 0) is 50.6 Å². The van der Waals surface area contributed by atoms with Crippen molar-refractivity contribution in [2.45, 2.75) is 32.0 Å². The fourth-order valence-corrected chi connectivity index (χ4v) is 3.68. The van der Waals surface area contributed by atoms with Gasteiger partial charge in [0.2, 0.25) is 5.95 Å². The van der Waals surface area contributed by atoms with Crippen molar-refractivity contribution in [2.75, 3.05) is 35.4 Å². The maximum absolute atomic E-state index is 13.8. The van der Waals surface area contributed by atoms with Crippen molar-refractivity contribution in [3.63, 3.8) is 0 Å². The molecule has 0 aliphatic carbocycles. The van der Waals surface area contributed by atoms with Gasteiger partial charge in [-0.25, -0.2) is 19.2 Å². The Bertz CT molecular complexity index is 1160. The van der Waals surface area contributed by atoms with Crippen LogP contribution in [0.15, 0.2) is 53.9 Å². The molecule has 0 amide bonds. The summed E-state index contributed by atoms with van der Waals surface area (Å²) in [4.78, 5) is 14.0. The van der Waals surface area contributed by atoms with E-state index in [0.29, 0.717) is 25.3 Å². The number of aromatic nitrogens is 3. The van der Waals surface area contributed by atoms with Crippen LogP contribution in [0.5, 0.6) is 0 Å². The molecule has 1 saturated heterocycles. The summed E-state index contributed by atoms with van der Waals surface area (Å²) in [5.41, 5.74) is 5.91. The first-order valence-corrected chi connectivity index (χ1v) is 12.5. The van der Waals surface area contributed by atoms with Gasteiger partial charge in [-0.3, -0.25) is 4.98 Å². The molecule has 3 aromatic rings. The molecule has 4 rings (SSSR count). The van der Waals surface area contributed by atoms with Crippen molar-refractivity contribution in [3.05, 3.63) is 65.9 Å². The topological polar surface area (TPSA) is 87.6 Å². The second kappa shape index (κ2) is 12.9. The zero-order chi connectivity index (χ0) is 26.1. The minimum absolute atomic E-state index is 0.0886. The van der Waals surface area contributed by atoms with E-state index in [2.05, 4.69) is 49.3 Å². The number of alkyl halides is 1. The lowest BCUT2D eigenvalue weighted by Crippen LogP contribution is -2.44. The highest BCUT2D eigenvalue weighted by Crippen LogP contribution is 2.40. The van der Waals surface area contributed by atoms with Crippen LogP contribution >= 0.6 is 18.5 Å². The quantitative estimate of drug-likeness (QED) is 0.255. The van der Waals surface area contributed by atoms with Gasteiger partial charge in [0, 0.05) is 24.1 Å². The fourth-order valence-electron chi connectivity index (χ4n) is 3.32. The van der Waals surface area contributed by atoms with Gasteiger partial charge in [-0.15, -0.1) is 0 Å². The zero-order valence-electron chi connectivity index (χ0n) is 20.4. The van der Waals surface area contributed by atoms with Gasteiger partial charge >= 0.3 is 0 Å². The molecule has 1 aromatic carbocycles. The van der Waals surface area contributed by atoms with E-state index in [4.69, 9.17) is 4.74 Å². The van der Waals surface area contributed by atoms with Gasteiger partial charge in [0.1, 0.15) is 0 Å². The van der Waals surface area contributed by atoms with E-state index in [-0.39, 0.29) is 17.8 Å². The molecule has 12 heteroatoms. The summed E-state index contributed by atoms with van der Waals surface area (Å²) in [5, 5.41) is 5.51. The van der Waals surface area contributed by atoms with Gasteiger partial charge in [0.25, 0.3) is 0 Å². The maximum atomic E-state index is 13.8. The predicted octanol–water partition coefficient (Wildman–Crippen LogP) is 5.22. The lowest BCUT2D eigenvalue weighted by Gasteiger charge is -2.34. The number of hydrogen-bond donors (Lipinski definition) is 2. The number of aryl methyl sites for hydroxylation is 1. The highest BCUT2D eigenvalue weighted by atomic mass is 31.1. The molecule has 3 heterocycles. The van der Waals surface area contributed by atoms with Crippen LogP contribution in [-0.4, -0.2) is 47.0 Å². The minimum Gasteiger partial charge on any atom is -0.377 e. The number of nitrogens with zero attached hydrogens (tertiary/aromatic N) is 5. The number of hydrazone groups is 1. The molecule has 2 aromatic heterocycles. The standard InChI is InChI=1S/C13H15FN2P2.C11H16FN5O/c1-9-5-6-12(8-15-9)16-11-4-2-3-10(7-11)13(14,17)18;1-3-14-16-11-13-6-9(12)10(15-11)17-4-5-18-7-8(17)2/h2-8,16H,17-18H2,1H3;3,6,8H,4-5,7H2,1-2H3,(H,13,15,16)/b;14-3+. The molecular weight excluding hydrogens is 502 g/mol. The number of anilines is 4. The van der Waals surface area contributed by atoms with Crippen LogP contribution in [0.2, 0.25) is 0 Å².